The van der Waals surface area contributed by atoms with E-state index >= 15 is 0 Å². The van der Waals surface area contributed by atoms with E-state index in [4.69, 9.17) is 0 Å². The lowest BCUT2D eigenvalue weighted by atomic mass is 10.2. The van der Waals surface area contributed by atoms with Gasteiger partial charge in [-0.1, -0.05) is 44.2 Å². The first-order valence-corrected chi connectivity index (χ1v) is 9.52. The van der Waals surface area contributed by atoms with Crippen molar-refractivity contribution in [3.8, 4) is 11.3 Å². The maximum atomic E-state index is 12.0. The van der Waals surface area contributed by atoms with Gasteiger partial charge in [-0.05, 0) is 20.0 Å². The average molecular weight is 346 g/mol. The monoisotopic (exact) mass is 345 g/mol. The number of hydrogen-bond acceptors (Lipinski definition) is 4. The minimum absolute atomic E-state index is 0.102. The number of rotatable bonds is 9. The molecule has 0 spiro atoms. The largest absolute Gasteiger partial charge is 0.355 e. The predicted octanol–water partition coefficient (Wildman–Crippen LogP) is 3.59. The highest BCUT2D eigenvalue weighted by Crippen LogP contribution is 2.22. The molecule has 1 aromatic heterocycles. The Bertz CT molecular complexity index is 623. The fourth-order valence-corrected chi connectivity index (χ4v) is 3.52. The van der Waals surface area contributed by atoms with E-state index < -0.39 is 0 Å². The van der Waals surface area contributed by atoms with Crippen LogP contribution in [0, 0.1) is 0 Å². The Balaban J connectivity index is 1.77. The Morgan fingerprint density at radius 3 is 2.62 bits per heavy atom. The Hall–Kier alpha value is -1.72. The Morgan fingerprint density at radius 1 is 1.25 bits per heavy atom. The molecule has 2 rings (SSSR count). The number of thiazole rings is 1. The molecule has 1 N–H and O–H groups in total. The Kier molecular flexibility index (Phi) is 7.40. The smallest absolute Gasteiger partial charge is 0.220 e. The van der Waals surface area contributed by atoms with Gasteiger partial charge < -0.3 is 5.32 Å². The van der Waals surface area contributed by atoms with Crippen LogP contribution in [0.1, 0.15) is 32.2 Å². The van der Waals surface area contributed by atoms with E-state index in [2.05, 4.69) is 53.5 Å². The number of nitrogens with zero attached hydrogens (tertiary/aromatic N) is 2. The van der Waals surface area contributed by atoms with Crippen LogP contribution >= 0.6 is 11.3 Å². The molecule has 0 fully saturated rings. The zero-order valence-corrected chi connectivity index (χ0v) is 15.6. The van der Waals surface area contributed by atoms with Crippen molar-refractivity contribution in [2.45, 2.75) is 39.7 Å². The van der Waals surface area contributed by atoms with Crippen LogP contribution in [0.15, 0.2) is 35.7 Å². The summed E-state index contributed by atoms with van der Waals surface area (Å²) in [5.74, 6) is 0.102. The second kappa shape index (κ2) is 9.55. The van der Waals surface area contributed by atoms with Crippen molar-refractivity contribution in [3.63, 3.8) is 0 Å². The van der Waals surface area contributed by atoms with Crippen LogP contribution in [0.3, 0.4) is 0 Å². The fraction of sp³-hybridized carbons (Fsp3) is 0.474. The molecule has 0 aliphatic rings. The van der Waals surface area contributed by atoms with Crippen LogP contribution in [-0.2, 0) is 11.2 Å². The number of carbonyl (C=O) groups is 1. The molecule has 0 aliphatic heterocycles. The third-order valence-electron chi connectivity index (χ3n) is 4.22. The molecule has 130 valence electrons. The van der Waals surface area contributed by atoms with Crippen LogP contribution in [0.2, 0.25) is 0 Å². The van der Waals surface area contributed by atoms with Gasteiger partial charge >= 0.3 is 0 Å². The van der Waals surface area contributed by atoms with Crippen LogP contribution in [-0.4, -0.2) is 41.5 Å². The average Bonchev–Trinajstić information content (AvgIpc) is 3.09. The minimum Gasteiger partial charge on any atom is -0.355 e. The number of nitrogens with one attached hydrogen (secondary N) is 1. The fourth-order valence-electron chi connectivity index (χ4n) is 2.71. The summed E-state index contributed by atoms with van der Waals surface area (Å²) < 4.78 is 0. The minimum atomic E-state index is 0.102. The first-order chi connectivity index (χ1) is 11.6. The van der Waals surface area contributed by atoms with Crippen molar-refractivity contribution in [2.75, 3.05) is 19.6 Å². The summed E-state index contributed by atoms with van der Waals surface area (Å²) in [6.07, 6.45) is 1.19. The molecule has 1 heterocycles. The number of benzene rings is 1. The van der Waals surface area contributed by atoms with Crippen LogP contribution < -0.4 is 5.32 Å². The highest BCUT2D eigenvalue weighted by atomic mass is 32.1. The summed E-state index contributed by atoms with van der Waals surface area (Å²) in [4.78, 5) is 19.0. The van der Waals surface area contributed by atoms with Crippen LogP contribution in [0.4, 0.5) is 0 Å². The summed E-state index contributed by atoms with van der Waals surface area (Å²) in [7, 11) is 0. The highest BCUT2D eigenvalue weighted by molar-refractivity contribution is 7.09. The SMILES string of the molecule is CCN(CC)C(C)CNC(=O)CCc1nc(-c2ccccc2)cs1. The molecular formula is C19H27N3OS. The second-order valence-electron chi connectivity index (χ2n) is 5.87. The molecular weight excluding hydrogens is 318 g/mol. The van der Waals surface area contributed by atoms with Crippen molar-refractivity contribution in [2.24, 2.45) is 0 Å². The van der Waals surface area contributed by atoms with Crippen molar-refractivity contribution < 1.29 is 4.79 Å². The number of likely N-dealkylation sites (N-methyl/N-ethyl adjacent to an activating group) is 1. The molecule has 4 nitrogen and oxygen atoms in total. The Labute approximate surface area is 148 Å². The van der Waals surface area contributed by atoms with Gasteiger partial charge in [0.15, 0.2) is 0 Å². The number of aryl methyl sites for hydroxylation is 1. The van der Waals surface area contributed by atoms with Gasteiger partial charge in [0.25, 0.3) is 0 Å². The highest BCUT2D eigenvalue weighted by Gasteiger charge is 2.12. The first kappa shape index (κ1) is 18.6. The van der Waals surface area contributed by atoms with Crippen molar-refractivity contribution in [3.05, 3.63) is 40.7 Å². The summed E-state index contributed by atoms with van der Waals surface area (Å²) in [5, 5.41) is 6.11. The van der Waals surface area contributed by atoms with Gasteiger partial charge in [0, 0.05) is 36.4 Å². The third kappa shape index (κ3) is 5.42. The second-order valence-corrected chi connectivity index (χ2v) is 6.81. The van der Waals surface area contributed by atoms with E-state index in [0.29, 0.717) is 25.4 Å². The van der Waals surface area contributed by atoms with Gasteiger partial charge in [0.05, 0.1) is 10.7 Å². The maximum absolute atomic E-state index is 12.0. The summed E-state index contributed by atoms with van der Waals surface area (Å²) in [6.45, 7) is 9.17. The summed E-state index contributed by atoms with van der Waals surface area (Å²) in [6, 6.07) is 10.5. The molecule has 1 aromatic carbocycles. The van der Waals surface area contributed by atoms with Gasteiger partial charge in [-0.15, -0.1) is 11.3 Å². The van der Waals surface area contributed by atoms with Gasteiger partial charge in [-0.25, -0.2) is 4.98 Å². The maximum Gasteiger partial charge on any atom is 0.220 e. The Morgan fingerprint density at radius 2 is 1.96 bits per heavy atom. The lowest BCUT2D eigenvalue weighted by molar-refractivity contribution is -0.121. The first-order valence-electron chi connectivity index (χ1n) is 8.64. The van der Waals surface area contributed by atoms with Gasteiger partial charge in [0.2, 0.25) is 5.91 Å². The molecule has 0 aliphatic carbocycles. The predicted molar refractivity (Wildman–Crippen MR) is 101 cm³/mol. The van der Waals surface area contributed by atoms with E-state index in [1.165, 1.54) is 0 Å². The third-order valence-corrected chi connectivity index (χ3v) is 5.13. The quantitative estimate of drug-likeness (QED) is 0.755. The van der Waals surface area contributed by atoms with Crippen molar-refractivity contribution in [1.29, 1.82) is 0 Å². The molecule has 0 saturated carbocycles. The van der Waals surface area contributed by atoms with E-state index in [0.717, 1.165) is 29.4 Å². The number of hydrogen-bond donors (Lipinski definition) is 1. The van der Waals surface area contributed by atoms with Gasteiger partial charge in [0.1, 0.15) is 0 Å². The van der Waals surface area contributed by atoms with E-state index in [1.54, 1.807) is 11.3 Å². The topological polar surface area (TPSA) is 45.2 Å². The molecule has 1 unspecified atom stereocenters. The standard InChI is InChI=1S/C19H27N3OS/c1-4-22(5-2)15(3)13-20-18(23)11-12-19-21-17(14-24-19)16-9-7-6-8-10-16/h6-10,14-15H,4-5,11-13H2,1-3H3,(H,20,23). The molecule has 0 saturated heterocycles. The zero-order chi connectivity index (χ0) is 17.4. The molecule has 24 heavy (non-hydrogen) atoms. The van der Waals surface area contributed by atoms with Crippen LogP contribution in [0.5, 0.6) is 0 Å². The van der Waals surface area contributed by atoms with E-state index in [1.807, 2.05) is 18.2 Å². The van der Waals surface area contributed by atoms with E-state index in [-0.39, 0.29) is 5.91 Å². The number of carbonyl (C=O) groups excluding carboxylic acids is 1. The summed E-state index contributed by atoms with van der Waals surface area (Å²) >= 11 is 1.62. The molecule has 1 amide bonds. The molecule has 1 atom stereocenters. The van der Waals surface area contributed by atoms with Crippen LogP contribution in [0.25, 0.3) is 11.3 Å². The lowest BCUT2D eigenvalue weighted by Gasteiger charge is -2.26. The molecule has 0 radical (unpaired) electrons. The van der Waals surface area contributed by atoms with Gasteiger partial charge in [-0.2, -0.15) is 0 Å². The van der Waals surface area contributed by atoms with E-state index in [9.17, 15) is 4.79 Å². The number of amides is 1. The van der Waals surface area contributed by atoms with Crippen molar-refractivity contribution in [1.82, 2.24) is 15.2 Å². The van der Waals surface area contributed by atoms with Gasteiger partial charge in [-0.3, -0.25) is 9.69 Å². The van der Waals surface area contributed by atoms with Crippen molar-refractivity contribution >= 4 is 17.2 Å². The number of aromatic nitrogens is 1. The molecule has 0 bridgehead atoms. The summed E-state index contributed by atoms with van der Waals surface area (Å²) in [5.41, 5.74) is 2.11. The normalized spacial score (nSPS) is 12.3. The molecule has 5 heteroatoms. The lowest BCUT2D eigenvalue weighted by Crippen LogP contribution is -2.42. The molecule has 2 aromatic rings. The zero-order valence-electron chi connectivity index (χ0n) is 14.8.